The Hall–Kier alpha value is -3.68. The third-order valence-electron chi connectivity index (χ3n) is 5.42. The molecule has 0 saturated heterocycles. The molecular formula is C26H30FN3O7S2. The first-order chi connectivity index (χ1) is 18.4. The van der Waals surface area contributed by atoms with Gasteiger partial charge in [0.1, 0.15) is 30.5 Å². The standard InChI is InChI=1S/C26H30FN3O7S2/c1-4-36-22-9-7-21(8-10-22)30(39(34,35)25-13-5-20(27)6-14-25)19-26(31)28-17-18-37-23-11-15-24(16-12-23)38(32,33)29(2)3/h5-16H,4,17-19H2,1-3H3,(H,28,31). The molecule has 0 spiro atoms. The first-order valence-electron chi connectivity index (χ1n) is 11.9. The number of sulfonamides is 2. The van der Waals surface area contributed by atoms with Gasteiger partial charge in [0.15, 0.2) is 0 Å². The maximum absolute atomic E-state index is 13.4. The first kappa shape index (κ1) is 29.9. The summed E-state index contributed by atoms with van der Waals surface area (Å²) in [5.41, 5.74) is 0.224. The van der Waals surface area contributed by atoms with E-state index in [-0.39, 0.29) is 28.6 Å². The fourth-order valence-corrected chi connectivity index (χ4v) is 5.71. The molecule has 1 amide bonds. The SMILES string of the molecule is CCOc1ccc(N(CC(=O)NCCOc2ccc(S(=O)(=O)N(C)C)cc2)S(=O)(=O)c2ccc(F)cc2)cc1. The summed E-state index contributed by atoms with van der Waals surface area (Å²) in [7, 11) is -4.90. The number of nitrogens with one attached hydrogen (secondary N) is 1. The minimum atomic E-state index is -4.21. The number of nitrogens with zero attached hydrogens (tertiary/aromatic N) is 2. The molecular weight excluding hydrogens is 549 g/mol. The predicted molar refractivity (Wildman–Crippen MR) is 144 cm³/mol. The topological polar surface area (TPSA) is 122 Å². The highest BCUT2D eigenvalue weighted by Gasteiger charge is 2.27. The van der Waals surface area contributed by atoms with Crippen molar-refractivity contribution >= 4 is 31.6 Å². The van der Waals surface area contributed by atoms with Crippen LogP contribution in [0.2, 0.25) is 0 Å². The molecule has 0 aliphatic rings. The van der Waals surface area contributed by atoms with E-state index in [1.165, 1.54) is 50.5 Å². The molecule has 1 N–H and O–H groups in total. The van der Waals surface area contributed by atoms with E-state index < -0.39 is 38.3 Å². The quantitative estimate of drug-likeness (QED) is 0.309. The lowest BCUT2D eigenvalue weighted by Crippen LogP contribution is -2.41. The second-order valence-electron chi connectivity index (χ2n) is 8.35. The Morgan fingerprint density at radius 2 is 1.31 bits per heavy atom. The summed E-state index contributed by atoms with van der Waals surface area (Å²) in [6.07, 6.45) is 0. The lowest BCUT2D eigenvalue weighted by Gasteiger charge is -2.24. The fraction of sp³-hybridized carbons (Fsp3) is 0.269. The molecule has 3 rings (SSSR count). The lowest BCUT2D eigenvalue weighted by molar-refractivity contribution is -0.119. The van der Waals surface area contributed by atoms with Crippen molar-refractivity contribution in [3.05, 3.63) is 78.6 Å². The molecule has 0 heterocycles. The zero-order valence-electron chi connectivity index (χ0n) is 21.7. The van der Waals surface area contributed by atoms with Gasteiger partial charge in [-0.25, -0.2) is 25.5 Å². The Morgan fingerprint density at radius 1 is 0.795 bits per heavy atom. The monoisotopic (exact) mass is 579 g/mol. The Labute approximate surface area is 228 Å². The highest BCUT2D eigenvalue weighted by atomic mass is 32.2. The first-order valence-corrected chi connectivity index (χ1v) is 14.8. The fourth-order valence-electron chi connectivity index (χ4n) is 3.39. The minimum Gasteiger partial charge on any atom is -0.494 e. The highest BCUT2D eigenvalue weighted by molar-refractivity contribution is 7.92. The minimum absolute atomic E-state index is 0.0548. The number of halogens is 1. The summed E-state index contributed by atoms with van der Waals surface area (Å²) in [5, 5.41) is 2.61. The van der Waals surface area contributed by atoms with Crippen LogP contribution in [0.4, 0.5) is 10.1 Å². The summed E-state index contributed by atoms with van der Waals surface area (Å²) in [5.74, 6) is -0.245. The lowest BCUT2D eigenvalue weighted by atomic mass is 10.3. The van der Waals surface area contributed by atoms with Crippen LogP contribution in [0.25, 0.3) is 0 Å². The van der Waals surface area contributed by atoms with Crippen LogP contribution in [-0.2, 0) is 24.8 Å². The van der Waals surface area contributed by atoms with E-state index in [0.29, 0.717) is 18.1 Å². The van der Waals surface area contributed by atoms with Gasteiger partial charge >= 0.3 is 0 Å². The van der Waals surface area contributed by atoms with E-state index in [1.54, 1.807) is 12.1 Å². The van der Waals surface area contributed by atoms with Crippen molar-refractivity contribution in [3.63, 3.8) is 0 Å². The number of amides is 1. The molecule has 3 aromatic rings. The second-order valence-corrected chi connectivity index (χ2v) is 12.4. The van der Waals surface area contributed by atoms with Crippen LogP contribution in [0.15, 0.2) is 82.6 Å². The molecule has 0 saturated carbocycles. The van der Waals surface area contributed by atoms with Crippen molar-refractivity contribution in [1.82, 2.24) is 9.62 Å². The van der Waals surface area contributed by atoms with Crippen LogP contribution in [0, 0.1) is 5.82 Å². The molecule has 0 aliphatic heterocycles. The van der Waals surface area contributed by atoms with E-state index in [0.717, 1.165) is 32.9 Å². The van der Waals surface area contributed by atoms with Crippen molar-refractivity contribution in [3.8, 4) is 11.5 Å². The molecule has 0 aliphatic carbocycles. The Bertz CT molecular complexity index is 1460. The molecule has 13 heteroatoms. The molecule has 0 bridgehead atoms. The smallest absolute Gasteiger partial charge is 0.264 e. The van der Waals surface area contributed by atoms with E-state index in [2.05, 4.69) is 5.32 Å². The van der Waals surface area contributed by atoms with Crippen molar-refractivity contribution in [2.45, 2.75) is 16.7 Å². The van der Waals surface area contributed by atoms with E-state index in [1.807, 2.05) is 6.92 Å². The van der Waals surface area contributed by atoms with Crippen LogP contribution >= 0.6 is 0 Å². The van der Waals surface area contributed by atoms with Crippen molar-refractivity contribution in [2.24, 2.45) is 0 Å². The van der Waals surface area contributed by atoms with Gasteiger partial charge in [-0.05, 0) is 79.7 Å². The molecule has 0 atom stereocenters. The zero-order valence-corrected chi connectivity index (χ0v) is 23.3. The third-order valence-corrected chi connectivity index (χ3v) is 9.04. The average Bonchev–Trinajstić information content (AvgIpc) is 2.91. The Kier molecular flexibility index (Phi) is 9.89. The summed E-state index contributed by atoms with van der Waals surface area (Å²) in [4.78, 5) is 12.7. The molecule has 3 aromatic carbocycles. The maximum Gasteiger partial charge on any atom is 0.264 e. The van der Waals surface area contributed by atoms with Gasteiger partial charge in [0.05, 0.1) is 28.6 Å². The molecule has 10 nitrogen and oxygen atoms in total. The van der Waals surface area contributed by atoms with Crippen LogP contribution in [0.1, 0.15) is 6.92 Å². The van der Waals surface area contributed by atoms with E-state index in [4.69, 9.17) is 9.47 Å². The van der Waals surface area contributed by atoms with Gasteiger partial charge in [-0.2, -0.15) is 0 Å². The predicted octanol–water partition coefficient (Wildman–Crippen LogP) is 2.87. The molecule has 0 radical (unpaired) electrons. The highest BCUT2D eigenvalue weighted by Crippen LogP contribution is 2.26. The maximum atomic E-state index is 13.4. The number of anilines is 1. The second kappa shape index (κ2) is 12.9. The van der Waals surface area contributed by atoms with Gasteiger partial charge in [-0.1, -0.05) is 0 Å². The average molecular weight is 580 g/mol. The third kappa shape index (κ3) is 7.68. The zero-order chi connectivity index (χ0) is 28.6. The normalized spacial score (nSPS) is 11.7. The van der Waals surface area contributed by atoms with Gasteiger partial charge in [0, 0.05) is 14.1 Å². The number of ether oxygens (including phenoxy) is 2. The number of carbonyl (C=O) groups is 1. The van der Waals surface area contributed by atoms with Crippen LogP contribution in [0.3, 0.4) is 0 Å². The molecule has 0 fully saturated rings. The van der Waals surface area contributed by atoms with E-state index in [9.17, 15) is 26.0 Å². The van der Waals surface area contributed by atoms with Crippen molar-refractivity contribution in [2.75, 3.05) is 44.7 Å². The number of benzene rings is 3. The Morgan fingerprint density at radius 3 is 1.87 bits per heavy atom. The van der Waals surface area contributed by atoms with Gasteiger partial charge in [0.25, 0.3) is 10.0 Å². The largest absolute Gasteiger partial charge is 0.494 e. The van der Waals surface area contributed by atoms with Crippen LogP contribution < -0.4 is 19.1 Å². The number of hydrogen-bond acceptors (Lipinski definition) is 7. The summed E-state index contributed by atoms with van der Waals surface area (Å²) in [6, 6.07) is 16.4. The van der Waals surface area contributed by atoms with Gasteiger partial charge in [0.2, 0.25) is 15.9 Å². The molecule has 0 aromatic heterocycles. The van der Waals surface area contributed by atoms with Crippen LogP contribution in [-0.4, -0.2) is 67.4 Å². The molecule has 0 unspecified atom stereocenters. The number of carbonyl (C=O) groups excluding carboxylic acids is 1. The van der Waals surface area contributed by atoms with Gasteiger partial charge in [-0.15, -0.1) is 0 Å². The molecule has 39 heavy (non-hydrogen) atoms. The van der Waals surface area contributed by atoms with Crippen LogP contribution in [0.5, 0.6) is 11.5 Å². The van der Waals surface area contributed by atoms with Crippen molar-refractivity contribution < 1.29 is 35.5 Å². The van der Waals surface area contributed by atoms with Gasteiger partial charge < -0.3 is 14.8 Å². The van der Waals surface area contributed by atoms with Crippen molar-refractivity contribution in [1.29, 1.82) is 0 Å². The Balaban J connectivity index is 1.66. The number of rotatable bonds is 13. The number of hydrogen-bond donors (Lipinski definition) is 1. The van der Waals surface area contributed by atoms with E-state index >= 15 is 0 Å². The summed E-state index contributed by atoms with van der Waals surface area (Å²) in [6.45, 7) is 1.83. The van der Waals surface area contributed by atoms with Gasteiger partial charge in [-0.3, -0.25) is 9.10 Å². The summed E-state index contributed by atoms with van der Waals surface area (Å²) < 4.78 is 77.4. The molecule has 210 valence electrons. The summed E-state index contributed by atoms with van der Waals surface area (Å²) >= 11 is 0.